The number of nitrogens with zero attached hydrogens (tertiary/aromatic N) is 4. The molecule has 0 atom stereocenters. The molecule has 0 aliphatic rings. The number of aromatic nitrogens is 3. The molecule has 116 valence electrons. The Morgan fingerprint density at radius 1 is 1.48 bits per heavy atom. The van der Waals surface area contributed by atoms with Crippen LogP contribution in [0, 0.1) is 25.1 Å². The number of amides is 1. The molecule has 0 aliphatic carbocycles. The van der Waals surface area contributed by atoms with E-state index in [1.807, 2.05) is 6.92 Å². The first-order chi connectivity index (χ1) is 11.0. The molecule has 2 heterocycles. The monoisotopic (exact) mass is 328 g/mol. The fourth-order valence-corrected chi connectivity index (χ4v) is 3.24. The fourth-order valence-electron chi connectivity index (χ4n) is 2.19. The van der Waals surface area contributed by atoms with Crippen LogP contribution in [0.15, 0.2) is 29.3 Å². The van der Waals surface area contributed by atoms with Crippen molar-refractivity contribution < 1.29 is 9.18 Å². The number of halogens is 1. The second kappa shape index (κ2) is 5.82. The van der Waals surface area contributed by atoms with Gasteiger partial charge in [-0.1, -0.05) is 17.3 Å². The van der Waals surface area contributed by atoms with Crippen LogP contribution < -0.4 is 4.80 Å². The van der Waals surface area contributed by atoms with Gasteiger partial charge in [0.2, 0.25) is 0 Å². The molecule has 3 aromatic rings. The molecule has 1 amide bonds. The third-order valence-corrected chi connectivity index (χ3v) is 4.47. The first-order valence-electron chi connectivity index (χ1n) is 6.81. The third-order valence-electron chi connectivity index (χ3n) is 3.42. The second-order valence-electron chi connectivity index (χ2n) is 5.00. The number of fused-ring (bicyclic) bond motifs is 1. The van der Waals surface area contributed by atoms with Gasteiger partial charge in [0, 0.05) is 12.7 Å². The zero-order chi connectivity index (χ0) is 16.6. The van der Waals surface area contributed by atoms with E-state index in [9.17, 15) is 9.18 Å². The van der Waals surface area contributed by atoms with E-state index < -0.39 is 5.91 Å². The summed E-state index contributed by atoms with van der Waals surface area (Å²) < 4.78 is 17.4. The molecule has 0 saturated heterocycles. The number of thiazole rings is 1. The summed E-state index contributed by atoms with van der Waals surface area (Å²) >= 11 is 1.22. The first-order valence-corrected chi connectivity index (χ1v) is 7.63. The number of benzene rings is 1. The SMILES string of the molecule is C#CCn1c(=NC(=O)c2cc(C)n(C)n2)sc2cc(F)ccc21. The minimum atomic E-state index is -0.452. The quantitative estimate of drug-likeness (QED) is 0.678. The van der Waals surface area contributed by atoms with E-state index in [4.69, 9.17) is 6.42 Å². The van der Waals surface area contributed by atoms with Crippen molar-refractivity contribution in [3.05, 3.63) is 46.3 Å². The fraction of sp³-hybridized carbons (Fsp3) is 0.188. The van der Waals surface area contributed by atoms with Crippen LogP contribution in [0.4, 0.5) is 4.39 Å². The Morgan fingerprint density at radius 2 is 2.26 bits per heavy atom. The van der Waals surface area contributed by atoms with Crippen LogP contribution in [0.3, 0.4) is 0 Å². The van der Waals surface area contributed by atoms with Gasteiger partial charge in [0.05, 0.1) is 16.8 Å². The van der Waals surface area contributed by atoms with Crippen LogP contribution in [0.5, 0.6) is 0 Å². The first kappa shape index (κ1) is 15.2. The third kappa shape index (κ3) is 2.81. The Hall–Kier alpha value is -2.72. The zero-order valence-electron chi connectivity index (χ0n) is 12.6. The number of terminal acetylenes is 1. The van der Waals surface area contributed by atoms with Crippen molar-refractivity contribution in [2.75, 3.05) is 0 Å². The largest absolute Gasteiger partial charge is 0.305 e. The minimum absolute atomic E-state index is 0.249. The lowest BCUT2D eigenvalue weighted by Crippen LogP contribution is -2.16. The van der Waals surface area contributed by atoms with Crippen molar-refractivity contribution in [3.63, 3.8) is 0 Å². The van der Waals surface area contributed by atoms with Gasteiger partial charge >= 0.3 is 0 Å². The molecule has 0 saturated carbocycles. The highest BCUT2D eigenvalue weighted by molar-refractivity contribution is 7.16. The second-order valence-corrected chi connectivity index (χ2v) is 6.01. The Labute approximate surface area is 135 Å². The number of hydrogen-bond donors (Lipinski definition) is 0. The predicted molar refractivity (Wildman–Crippen MR) is 86.4 cm³/mol. The molecule has 7 heteroatoms. The van der Waals surface area contributed by atoms with E-state index in [1.54, 1.807) is 28.4 Å². The molecule has 0 radical (unpaired) electrons. The maximum Gasteiger partial charge on any atom is 0.300 e. The van der Waals surface area contributed by atoms with E-state index in [0.717, 1.165) is 11.2 Å². The summed E-state index contributed by atoms with van der Waals surface area (Å²) in [6.07, 6.45) is 5.39. The van der Waals surface area contributed by atoms with Crippen LogP contribution in [-0.2, 0) is 13.6 Å². The van der Waals surface area contributed by atoms with Gasteiger partial charge in [-0.15, -0.1) is 6.42 Å². The van der Waals surface area contributed by atoms with Gasteiger partial charge in [0.1, 0.15) is 5.82 Å². The standard InChI is InChI=1S/C16H13FN4OS/c1-4-7-21-13-6-5-11(17)9-14(13)23-16(21)18-15(22)12-8-10(2)20(3)19-12/h1,5-6,8-9H,7H2,2-3H3. The highest BCUT2D eigenvalue weighted by Gasteiger charge is 2.12. The van der Waals surface area contributed by atoms with E-state index >= 15 is 0 Å². The highest BCUT2D eigenvalue weighted by atomic mass is 32.1. The summed E-state index contributed by atoms with van der Waals surface area (Å²) in [6, 6.07) is 6.06. The molecule has 1 aromatic carbocycles. The molecule has 3 rings (SSSR count). The van der Waals surface area contributed by atoms with Crippen LogP contribution in [0.1, 0.15) is 16.2 Å². The number of hydrogen-bond acceptors (Lipinski definition) is 3. The Balaban J connectivity index is 2.16. The maximum atomic E-state index is 13.4. The summed E-state index contributed by atoms with van der Waals surface area (Å²) in [5, 5.41) is 4.12. The van der Waals surface area contributed by atoms with Gasteiger partial charge in [0.15, 0.2) is 10.5 Å². The Morgan fingerprint density at radius 3 is 2.91 bits per heavy atom. The van der Waals surface area contributed by atoms with Gasteiger partial charge in [-0.3, -0.25) is 9.48 Å². The van der Waals surface area contributed by atoms with Crippen molar-refractivity contribution in [1.82, 2.24) is 14.3 Å². The summed E-state index contributed by atoms with van der Waals surface area (Å²) in [5.74, 6) is 1.73. The molecule has 0 spiro atoms. The Bertz CT molecular complexity index is 1000. The van der Waals surface area contributed by atoms with Crippen LogP contribution in [0.25, 0.3) is 10.2 Å². The zero-order valence-corrected chi connectivity index (χ0v) is 13.4. The molecule has 0 N–H and O–H groups in total. The summed E-state index contributed by atoms with van der Waals surface area (Å²) in [7, 11) is 1.76. The van der Waals surface area contributed by atoms with Gasteiger partial charge in [-0.25, -0.2) is 4.39 Å². The minimum Gasteiger partial charge on any atom is -0.305 e. The molecular weight excluding hydrogens is 315 g/mol. The highest BCUT2D eigenvalue weighted by Crippen LogP contribution is 2.18. The van der Waals surface area contributed by atoms with E-state index in [0.29, 0.717) is 9.50 Å². The number of aryl methyl sites for hydroxylation is 2. The number of rotatable bonds is 2. The van der Waals surface area contributed by atoms with Crippen molar-refractivity contribution in [2.24, 2.45) is 12.0 Å². The maximum absolute atomic E-state index is 13.4. The molecule has 2 aromatic heterocycles. The van der Waals surface area contributed by atoms with Crippen molar-refractivity contribution in [2.45, 2.75) is 13.5 Å². The normalized spacial score (nSPS) is 11.8. The predicted octanol–water partition coefficient (Wildman–Crippen LogP) is 2.26. The smallest absolute Gasteiger partial charge is 0.300 e. The molecular formula is C16H13FN4OS. The number of carbonyl (C=O) groups excluding carboxylic acids is 1. The topological polar surface area (TPSA) is 52.2 Å². The molecule has 0 unspecified atom stereocenters. The summed E-state index contributed by atoms with van der Waals surface area (Å²) in [5.41, 5.74) is 1.87. The molecule has 0 bridgehead atoms. The lowest BCUT2D eigenvalue weighted by atomic mass is 10.3. The average Bonchev–Trinajstić information content (AvgIpc) is 3.00. The van der Waals surface area contributed by atoms with Gasteiger partial charge in [0.25, 0.3) is 5.91 Å². The summed E-state index contributed by atoms with van der Waals surface area (Å²) in [4.78, 5) is 16.9. The average molecular weight is 328 g/mol. The molecule has 23 heavy (non-hydrogen) atoms. The van der Waals surface area contributed by atoms with Crippen molar-refractivity contribution in [3.8, 4) is 12.3 Å². The van der Waals surface area contributed by atoms with Crippen LogP contribution in [-0.4, -0.2) is 20.3 Å². The Kier molecular flexibility index (Phi) is 3.84. The molecule has 0 aliphatic heterocycles. The lowest BCUT2D eigenvalue weighted by molar-refractivity contribution is 0.0992. The van der Waals surface area contributed by atoms with E-state index in [-0.39, 0.29) is 18.1 Å². The van der Waals surface area contributed by atoms with E-state index in [2.05, 4.69) is 16.0 Å². The number of carbonyl (C=O) groups is 1. The van der Waals surface area contributed by atoms with Gasteiger partial charge < -0.3 is 4.57 Å². The summed E-state index contributed by atoms with van der Waals surface area (Å²) in [6.45, 7) is 2.10. The van der Waals surface area contributed by atoms with Crippen LogP contribution in [0.2, 0.25) is 0 Å². The van der Waals surface area contributed by atoms with Crippen LogP contribution >= 0.6 is 11.3 Å². The van der Waals surface area contributed by atoms with Crippen molar-refractivity contribution in [1.29, 1.82) is 0 Å². The van der Waals surface area contributed by atoms with Crippen molar-refractivity contribution >= 4 is 27.5 Å². The molecule has 0 fully saturated rings. The lowest BCUT2D eigenvalue weighted by Gasteiger charge is -1.99. The van der Waals surface area contributed by atoms with Gasteiger partial charge in [-0.2, -0.15) is 10.1 Å². The van der Waals surface area contributed by atoms with E-state index in [1.165, 1.54) is 23.5 Å². The molecule has 5 nitrogen and oxygen atoms in total. The van der Waals surface area contributed by atoms with Gasteiger partial charge in [-0.05, 0) is 31.2 Å².